The van der Waals surface area contributed by atoms with Gasteiger partial charge in [-0.15, -0.1) is 0 Å². The van der Waals surface area contributed by atoms with Crippen molar-refractivity contribution in [3.05, 3.63) is 64.7 Å². The van der Waals surface area contributed by atoms with E-state index in [1.165, 1.54) is 0 Å². The first-order chi connectivity index (χ1) is 15.0. The van der Waals surface area contributed by atoms with E-state index >= 15 is 0 Å². The van der Waals surface area contributed by atoms with E-state index in [4.69, 9.17) is 4.42 Å². The number of fused-ring (bicyclic) bond motifs is 1. The lowest BCUT2D eigenvalue weighted by Gasteiger charge is -2.37. The summed E-state index contributed by atoms with van der Waals surface area (Å²) in [5, 5.41) is 15.6. The molecule has 10 nitrogen and oxygen atoms in total. The molecular weight excluding hydrogens is 466 g/mol. The second kappa shape index (κ2) is 7.84. The number of halogens is 1. The van der Waals surface area contributed by atoms with E-state index in [2.05, 4.69) is 42.4 Å². The number of hydrogen-bond acceptors (Lipinski definition) is 7. The molecule has 11 heteroatoms. The number of rotatable bonds is 4. The van der Waals surface area contributed by atoms with Gasteiger partial charge in [0, 0.05) is 12.6 Å². The third-order valence-electron chi connectivity index (χ3n) is 5.26. The van der Waals surface area contributed by atoms with Crippen LogP contribution in [-0.4, -0.2) is 34.3 Å². The number of nitrogens with zero attached hydrogens (tertiary/aromatic N) is 3. The molecule has 160 valence electrons. The van der Waals surface area contributed by atoms with E-state index in [9.17, 15) is 9.59 Å². The third kappa shape index (κ3) is 3.71. The minimum absolute atomic E-state index is 0.0972. The van der Waals surface area contributed by atoms with Gasteiger partial charge in [0.2, 0.25) is 5.91 Å². The Morgan fingerprint density at radius 3 is 2.81 bits per heavy atom. The van der Waals surface area contributed by atoms with Crippen LogP contribution in [0.25, 0.3) is 0 Å². The Kier molecular flexibility index (Phi) is 5.00. The molecule has 4 N–H and O–H groups in total. The smallest absolute Gasteiger partial charge is 0.292 e. The second-order valence-corrected chi connectivity index (χ2v) is 8.15. The lowest BCUT2D eigenvalue weighted by atomic mass is 10.0. The van der Waals surface area contributed by atoms with Gasteiger partial charge in [-0.1, -0.05) is 18.2 Å². The van der Waals surface area contributed by atoms with E-state index in [-0.39, 0.29) is 23.8 Å². The highest BCUT2D eigenvalue weighted by atomic mass is 79.9. The maximum absolute atomic E-state index is 12.8. The van der Waals surface area contributed by atoms with Gasteiger partial charge >= 0.3 is 0 Å². The van der Waals surface area contributed by atoms with Crippen molar-refractivity contribution in [3.63, 3.8) is 0 Å². The average molecular weight is 486 g/mol. The fraction of sp³-hybridized carbons (Fsp3) is 0.250. The summed E-state index contributed by atoms with van der Waals surface area (Å²) in [4.78, 5) is 25.4. The molecule has 3 atom stereocenters. The molecule has 2 aliphatic heterocycles. The van der Waals surface area contributed by atoms with Gasteiger partial charge in [0.1, 0.15) is 12.0 Å². The molecule has 0 radical (unpaired) electrons. The molecule has 2 aromatic heterocycles. The highest BCUT2D eigenvalue weighted by Crippen LogP contribution is 2.28. The van der Waals surface area contributed by atoms with Crippen molar-refractivity contribution in [3.8, 4) is 0 Å². The number of para-hydroxylation sites is 1. The van der Waals surface area contributed by atoms with Gasteiger partial charge in [-0.05, 0) is 47.1 Å². The Morgan fingerprint density at radius 1 is 1.26 bits per heavy atom. The van der Waals surface area contributed by atoms with Gasteiger partial charge in [-0.2, -0.15) is 5.10 Å². The molecule has 5 rings (SSSR count). The lowest BCUT2D eigenvalue weighted by Crippen LogP contribution is -2.61. The molecule has 0 saturated carbocycles. The quantitative estimate of drug-likeness (QED) is 0.446. The summed E-state index contributed by atoms with van der Waals surface area (Å²) in [6.45, 7) is 2.33. The van der Waals surface area contributed by atoms with Crippen molar-refractivity contribution in [2.24, 2.45) is 5.92 Å². The minimum atomic E-state index is -0.646. The van der Waals surface area contributed by atoms with Crippen LogP contribution >= 0.6 is 15.9 Å². The zero-order chi connectivity index (χ0) is 21.5. The molecule has 4 heterocycles. The van der Waals surface area contributed by atoms with Crippen LogP contribution in [0.2, 0.25) is 0 Å². The summed E-state index contributed by atoms with van der Waals surface area (Å²) in [5.74, 6) is -0.191. The number of hydrogen-bond donors (Lipinski definition) is 4. The van der Waals surface area contributed by atoms with Gasteiger partial charge < -0.3 is 15.1 Å². The highest BCUT2D eigenvalue weighted by Gasteiger charge is 2.45. The van der Waals surface area contributed by atoms with Crippen LogP contribution in [0.15, 0.2) is 57.6 Å². The van der Waals surface area contributed by atoms with Gasteiger partial charge in [0.25, 0.3) is 5.91 Å². The van der Waals surface area contributed by atoms with E-state index in [1.54, 1.807) is 22.9 Å². The van der Waals surface area contributed by atoms with Crippen LogP contribution in [0, 0.1) is 12.8 Å². The molecule has 31 heavy (non-hydrogen) atoms. The monoisotopic (exact) mass is 485 g/mol. The maximum Gasteiger partial charge on any atom is 0.292 e. The molecule has 0 spiro atoms. The van der Waals surface area contributed by atoms with E-state index in [0.29, 0.717) is 22.7 Å². The number of aryl methyl sites for hydroxylation is 1. The van der Waals surface area contributed by atoms with Crippen LogP contribution in [0.4, 0.5) is 11.5 Å². The Hall–Kier alpha value is -3.15. The maximum atomic E-state index is 12.8. The number of carbonyl (C=O) groups excluding carboxylic acids is 2. The molecule has 3 aromatic rings. The zero-order valence-corrected chi connectivity index (χ0v) is 18.1. The summed E-state index contributed by atoms with van der Waals surface area (Å²) < 4.78 is 7.34. The first kappa shape index (κ1) is 19.8. The summed E-state index contributed by atoms with van der Waals surface area (Å²) in [7, 11) is 0. The zero-order valence-electron chi connectivity index (χ0n) is 16.5. The number of amides is 2. The van der Waals surface area contributed by atoms with Crippen molar-refractivity contribution < 1.29 is 14.0 Å². The van der Waals surface area contributed by atoms with Gasteiger partial charge in [0.15, 0.2) is 16.7 Å². The summed E-state index contributed by atoms with van der Waals surface area (Å²) in [6.07, 6.45) is -0.928. The first-order valence-electron chi connectivity index (χ1n) is 9.76. The average Bonchev–Trinajstić information content (AvgIpc) is 3.47. The number of anilines is 2. The fourth-order valence-corrected chi connectivity index (χ4v) is 4.16. The van der Waals surface area contributed by atoms with Crippen molar-refractivity contribution in [1.29, 1.82) is 0 Å². The normalized spacial score (nSPS) is 22.8. The van der Waals surface area contributed by atoms with Gasteiger partial charge in [0.05, 0.1) is 17.3 Å². The van der Waals surface area contributed by atoms with Gasteiger partial charge in [-0.3, -0.25) is 19.9 Å². The molecule has 2 saturated heterocycles. The number of furan rings is 1. The number of aromatic nitrogens is 2. The summed E-state index contributed by atoms with van der Waals surface area (Å²) >= 11 is 3.19. The van der Waals surface area contributed by atoms with Crippen LogP contribution in [-0.2, 0) is 4.79 Å². The number of nitrogens with one attached hydrogen (secondary N) is 4. The van der Waals surface area contributed by atoms with Crippen LogP contribution in [0.1, 0.15) is 22.5 Å². The number of carbonyl (C=O) groups is 2. The lowest BCUT2D eigenvalue weighted by molar-refractivity contribution is -0.129. The van der Waals surface area contributed by atoms with Crippen LogP contribution in [0.3, 0.4) is 0 Å². The molecule has 2 fully saturated rings. The molecule has 2 aliphatic rings. The van der Waals surface area contributed by atoms with Crippen molar-refractivity contribution in [1.82, 2.24) is 25.8 Å². The Balaban J connectivity index is 1.40. The number of benzene rings is 1. The van der Waals surface area contributed by atoms with Crippen molar-refractivity contribution in [2.45, 2.75) is 19.4 Å². The Bertz CT molecular complexity index is 1130. The predicted octanol–water partition coefficient (Wildman–Crippen LogP) is 1.94. The van der Waals surface area contributed by atoms with Crippen LogP contribution in [0.5, 0.6) is 0 Å². The molecule has 2 amide bonds. The molecule has 1 aromatic carbocycles. The molecule has 3 unspecified atom stereocenters. The molecule has 0 bridgehead atoms. The SMILES string of the molecule is Cc1cc(NC(=O)c2ccc(Br)o2)n(C2NC(=O)C3CNN(c4ccccc4)C3N2)n1. The second-order valence-electron chi connectivity index (χ2n) is 7.37. The van der Waals surface area contributed by atoms with E-state index in [0.717, 1.165) is 5.69 Å². The summed E-state index contributed by atoms with van der Waals surface area (Å²) in [5.41, 5.74) is 4.93. The van der Waals surface area contributed by atoms with Gasteiger partial charge in [-0.25, -0.2) is 10.1 Å². The minimum Gasteiger partial charge on any atom is -0.444 e. The largest absolute Gasteiger partial charge is 0.444 e. The molecule has 0 aliphatic carbocycles. The van der Waals surface area contributed by atoms with Crippen molar-refractivity contribution in [2.75, 3.05) is 16.9 Å². The standard InChI is InChI=1S/C20H20BrN7O3/c1-11-9-16(23-19(30)14-7-8-15(21)31-14)28(26-11)20-24-17-13(18(29)25-20)10-22-27(17)12-5-3-2-4-6-12/h2-9,13,17,20,22,24H,10H2,1H3,(H,23,30)(H,25,29). The first-order valence-corrected chi connectivity index (χ1v) is 10.6. The predicted molar refractivity (Wildman–Crippen MR) is 116 cm³/mol. The third-order valence-corrected chi connectivity index (χ3v) is 5.69. The number of hydrazine groups is 1. The Labute approximate surface area is 186 Å². The topological polar surface area (TPSA) is 116 Å². The van der Waals surface area contributed by atoms with E-state index in [1.807, 2.05) is 42.3 Å². The highest BCUT2D eigenvalue weighted by molar-refractivity contribution is 9.10. The summed E-state index contributed by atoms with van der Waals surface area (Å²) in [6, 6.07) is 14.7. The molecular formula is C20H20BrN7O3. The fourth-order valence-electron chi connectivity index (χ4n) is 3.85. The van der Waals surface area contributed by atoms with E-state index < -0.39 is 12.2 Å². The van der Waals surface area contributed by atoms with Crippen LogP contribution < -0.4 is 26.4 Å². The Morgan fingerprint density at radius 2 is 2.06 bits per heavy atom. The van der Waals surface area contributed by atoms with Crippen molar-refractivity contribution >= 4 is 39.2 Å².